The van der Waals surface area contributed by atoms with Crippen molar-refractivity contribution >= 4 is 23.0 Å². The summed E-state index contributed by atoms with van der Waals surface area (Å²) in [6.45, 7) is 2.12. The van der Waals surface area contributed by atoms with E-state index in [0.717, 1.165) is 12.1 Å². The highest BCUT2D eigenvalue weighted by atomic mass is 32.1. The van der Waals surface area contributed by atoms with Crippen molar-refractivity contribution in [2.24, 2.45) is 10.8 Å². The molecular formula is C14H18N4S. The summed E-state index contributed by atoms with van der Waals surface area (Å²) in [6, 6.07) is 14.1. The van der Waals surface area contributed by atoms with E-state index in [1.807, 2.05) is 36.4 Å². The van der Waals surface area contributed by atoms with Crippen LogP contribution in [0.3, 0.4) is 0 Å². The summed E-state index contributed by atoms with van der Waals surface area (Å²) in [5.41, 5.74) is 3.58. The third-order valence-electron chi connectivity index (χ3n) is 2.72. The summed E-state index contributed by atoms with van der Waals surface area (Å²) in [5, 5.41) is 5.24. The molecule has 0 saturated heterocycles. The van der Waals surface area contributed by atoms with Gasteiger partial charge in [0, 0.05) is 10.6 Å². The Morgan fingerprint density at radius 3 is 2.63 bits per heavy atom. The number of para-hydroxylation sites is 1. The third-order valence-corrected chi connectivity index (χ3v) is 3.69. The molecule has 19 heavy (non-hydrogen) atoms. The Morgan fingerprint density at radius 2 is 2.05 bits per heavy atom. The minimum Gasteiger partial charge on any atom is -0.325 e. The number of rotatable bonds is 4. The summed E-state index contributed by atoms with van der Waals surface area (Å²) >= 11 is 1.71. The Morgan fingerprint density at radius 1 is 1.26 bits per heavy atom. The molecular weight excluding hydrogens is 256 g/mol. The second kappa shape index (κ2) is 6.92. The molecule has 0 radical (unpaired) electrons. The molecule has 0 fully saturated rings. The highest BCUT2D eigenvalue weighted by Gasteiger charge is 2.10. The Bertz CT molecular complexity index is 508. The molecule has 2 rings (SSSR count). The van der Waals surface area contributed by atoms with Gasteiger partial charge in [0.1, 0.15) is 0 Å². The van der Waals surface area contributed by atoms with Crippen LogP contribution >= 0.6 is 11.3 Å². The minimum absolute atomic E-state index is 0.127. The maximum Gasteiger partial charge on any atom is 0.210 e. The van der Waals surface area contributed by atoms with Crippen LogP contribution in [0.2, 0.25) is 0 Å². The first-order chi connectivity index (χ1) is 9.33. The van der Waals surface area contributed by atoms with Crippen molar-refractivity contribution in [2.45, 2.75) is 19.4 Å². The predicted molar refractivity (Wildman–Crippen MR) is 82.2 cm³/mol. The molecule has 2 aromatic rings. The van der Waals surface area contributed by atoms with Crippen LogP contribution in [0, 0.1) is 0 Å². The molecule has 1 unspecified atom stereocenters. The first kappa shape index (κ1) is 13.6. The van der Waals surface area contributed by atoms with Gasteiger partial charge in [-0.05, 0) is 30.0 Å². The number of guanidine groups is 1. The topological polar surface area (TPSA) is 62.4 Å². The third kappa shape index (κ3) is 3.81. The molecule has 4 N–H and O–H groups in total. The molecule has 0 aliphatic carbocycles. The average molecular weight is 274 g/mol. The SMILES string of the molecule is CCC(N=C(NN)Nc1ccccc1)c1cccs1. The average Bonchev–Trinajstić information content (AvgIpc) is 2.98. The number of aliphatic imine (C=N–C) groups is 1. The summed E-state index contributed by atoms with van der Waals surface area (Å²) < 4.78 is 0. The van der Waals surface area contributed by atoms with Gasteiger partial charge < -0.3 is 5.32 Å². The molecule has 1 atom stereocenters. The summed E-state index contributed by atoms with van der Waals surface area (Å²) in [6.07, 6.45) is 0.933. The highest BCUT2D eigenvalue weighted by molar-refractivity contribution is 7.10. The lowest BCUT2D eigenvalue weighted by molar-refractivity contribution is 0.707. The molecule has 100 valence electrons. The number of thiophene rings is 1. The van der Waals surface area contributed by atoms with Gasteiger partial charge in [0.05, 0.1) is 6.04 Å². The van der Waals surface area contributed by atoms with E-state index in [1.165, 1.54) is 4.88 Å². The van der Waals surface area contributed by atoms with E-state index in [1.54, 1.807) is 11.3 Å². The molecule has 0 amide bonds. The zero-order chi connectivity index (χ0) is 13.5. The van der Waals surface area contributed by atoms with Crippen molar-refractivity contribution in [3.63, 3.8) is 0 Å². The zero-order valence-corrected chi connectivity index (χ0v) is 11.7. The lowest BCUT2D eigenvalue weighted by Gasteiger charge is -2.13. The lowest BCUT2D eigenvalue weighted by atomic mass is 10.2. The number of hydrogen-bond donors (Lipinski definition) is 3. The van der Waals surface area contributed by atoms with Crippen LogP contribution in [0.1, 0.15) is 24.3 Å². The van der Waals surface area contributed by atoms with Crippen molar-refractivity contribution in [1.82, 2.24) is 5.43 Å². The Kier molecular flexibility index (Phi) is 4.94. The number of hydrogen-bond acceptors (Lipinski definition) is 3. The molecule has 5 heteroatoms. The lowest BCUT2D eigenvalue weighted by Crippen LogP contribution is -2.36. The van der Waals surface area contributed by atoms with Gasteiger partial charge in [-0.2, -0.15) is 0 Å². The van der Waals surface area contributed by atoms with Crippen molar-refractivity contribution in [2.75, 3.05) is 5.32 Å². The van der Waals surface area contributed by atoms with Crippen LogP contribution < -0.4 is 16.6 Å². The minimum atomic E-state index is 0.127. The van der Waals surface area contributed by atoms with E-state index < -0.39 is 0 Å². The fraction of sp³-hybridized carbons (Fsp3) is 0.214. The van der Waals surface area contributed by atoms with Crippen molar-refractivity contribution in [1.29, 1.82) is 0 Å². The summed E-state index contributed by atoms with van der Waals surface area (Å²) in [7, 11) is 0. The van der Waals surface area contributed by atoms with E-state index >= 15 is 0 Å². The Balaban J connectivity index is 2.13. The summed E-state index contributed by atoms with van der Waals surface area (Å²) in [5.74, 6) is 6.11. The van der Waals surface area contributed by atoms with Crippen LogP contribution in [-0.4, -0.2) is 5.96 Å². The Hall–Kier alpha value is -1.85. The fourth-order valence-corrected chi connectivity index (χ4v) is 2.60. The monoisotopic (exact) mass is 274 g/mol. The molecule has 0 saturated carbocycles. The number of nitrogens with zero attached hydrogens (tertiary/aromatic N) is 1. The van der Waals surface area contributed by atoms with Gasteiger partial charge in [-0.25, -0.2) is 10.8 Å². The normalized spacial score (nSPS) is 13.1. The smallest absolute Gasteiger partial charge is 0.210 e. The van der Waals surface area contributed by atoms with Crippen LogP contribution in [0.5, 0.6) is 0 Å². The van der Waals surface area contributed by atoms with Gasteiger partial charge >= 0.3 is 0 Å². The number of benzene rings is 1. The van der Waals surface area contributed by atoms with E-state index in [2.05, 4.69) is 34.1 Å². The quantitative estimate of drug-likeness (QED) is 0.347. The zero-order valence-electron chi connectivity index (χ0n) is 10.8. The highest BCUT2D eigenvalue weighted by Crippen LogP contribution is 2.25. The van der Waals surface area contributed by atoms with Gasteiger partial charge in [-0.3, -0.25) is 5.43 Å². The maximum absolute atomic E-state index is 5.54. The van der Waals surface area contributed by atoms with Gasteiger partial charge in [0.2, 0.25) is 5.96 Å². The van der Waals surface area contributed by atoms with Crippen molar-refractivity contribution in [3.8, 4) is 0 Å². The van der Waals surface area contributed by atoms with Gasteiger partial charge in [0.15, 0.2) is 0 Å². The van der Waals surface area contributed by atoms with E-state index in [-0.39, 0.29) is 6.04 Å². The van der Waals surface area contributed by atoms with E-state index in [4.69, 9.17) is 5.84 Å². The summed E-state index contributed by atoms with van der Waals surface area (Å²) in [4.78, 5) is 5.87. The predicted octanol–water partition coefficient (Wildman–Crippen LogP) is 3.13. The first-order valence-corrected chi connectivity index (χ1v) is 7.11. The molecule has 1 aromatic carbocycles. The molecule has 0 spiro atoms. The van der Waals surface area contributed by atoms with Crippen LogP contribution in [0.25, 0.3) is 0 Å². The van der Waals surface area contributed by atoms with Crippen molar-refractivity contribution < 1.29 is 0 Å². The molecule has 4 nitrogen and oxygen atoms in total. The molecule has 0 bridgehead atoms. The second-order valence-corrected chi connectivity index (χ2v) is 5.03. The number of hydrazine groups is 1. The fourth-order valence-electron chi connectivity index (χ4n) is 1.76. The van der Waals surface area contributed by atoms with Gasteiger partial charge in [0.25, 0.3) is 0 Å². The van der Waals surface area contributed by atoms with Crippen LogP contribution in [0.15, 0.2) is 52.8 Å². The van der Waals surface area contributed by atoms with Gasteiger partial charge in [-0.15, -0.1) is 11.3 Å². The molecule has 1 heterocycles. The number of nitrogens with one attached hydrogen (secondary N) is 2. The molecule has 0 aliphatic rings. The first-order valence-electron chi connectivity index (χ1n) is 6.23. The molecule has 0 aliphatic heterocycles. The molecule has 1 aromatic heterocycles. The van der Waals surface area contributed by atoms with Crippen LogP contribution in [-0.2, 0) is 0 Å². The van der Waals surface area contributed by atoms with Crippen molar-refractivity contribution in [3.05, 3.63) is 52.7 Å². The maximum atomic E-state index is 5.54. The standard InChI is InChI=1S/C14H18N4S/c1-2-12(13-9-6-10-19-13)17-14(18-15)16-11-7-4-3-5-8-11/h3-10,12H,2,15H2,1H3,(H2,16,17,18). The number of anilines is 1. The largest absolute Gasteiger partial charge is 0.325 e. The van der Waals surface area contributed by atoms with Gasteiger partial charge in [-0.1, -0.05) is 31.2 Å². The van der Waals surface area contributed by atoms with Crippen LogP contribution in [0.4, 0.5) is 5.69 Å². The van der Waals surface area contributed by atoms with E-state index in [0.29, 0.717) is 5.96 Å². The van der Waals surface area contributed by atoms with E-state index in [9.17, 15) is 0 Å². The Labute approximate surface area is 117 Å². The number of nitrogens with two attached hydrogens (primary N) is 1. The second-order valence-electron chi connectivity index (χ2n) is 4.05.